The maximum Gasteiger partial charge on any atom is 0.363 e. The fourth-order valence-electron chi connectivity index (χ4n) is 3.11. The molecule has 3 rings (SSSR count). The molecule has 0 saturated carbocycles. The third kappa shape index (κ3) is 4.97. The average molecular weight is 499 g/mol. The van der Waals surface area contributed by atoms with E-state index in [9.17, 15) is 14.0 Å². The van der Waals surface area contributed by atoms with Gasteiger partial charge in [0, 0.05) is 12.0 Å². The van der Waals surface area contributed by atoms with Gasteiger partial charge < -0.3 is 26.6 Å². The Morgan fingerprint density at radius 2 is 1.91 bits per heavy atom. The Morgan fingerprint density at radius 1 is 1.24 bits per heavy atom. The number of hydrogen-bond acceptors (Lipinski definition) is 8. The second kappa shape index (κ2) is 11.2. The highest BCUT2D eigenvalue weighted by molar-refractivity contribution is 6.34. The Morgan fingerprint density at radius 3 is 2.48 bits per heavy atom. The van der Waals surface area contributed by atoms with Crippen LogP contribution in [-0.4, -0.2) is 49.3 Å². The van der Waals surface area contributed by atoms with E-state index < -0.39 is 23.4 Å². The molecule has 9 nitrogen and oxygen atoms in total. The van der Waals surface area contributed by atoms with Gasteiger partial charge in [-0.05, 0) is 26.0 Å². The van der Waals surface area contributed by atoms with Crippen molar-refractivity contribution in [2.24, 2.45) is 15.1 Å². The molecule has 1 N–H and O–H groups in total. The molecular weight excluding hydrogens is 478 g/mol. The molecule has 12 heteroatoms. The number of aliphatic imine (C=N–C) groups is 2. The fraction of sp³-hybridized carbons (Fsp3) is 0.286. The lowest BCUT2D eigenvalue weighted by molar-refractivity contribution is -0.788. The fourth-order valence-corrected chi connectivity index (χ4v) is 3.38. The van der Waals surface area contributed by atoms with Gasteiger partial charge in [0.1, 0.15) is 11.4 Å². The lowest BCUT2D eigenvalue weighted by Crippen LogP contribution is -3.08. The first-order valence-corrected chi connectivity index (χ1v) is 10.1. The number of ether oxygens (including phenoxy) is 3. The van der Waals surface area contributed by atoms with Gasteiger partial charge in [-0.1, -0.05) is 33.9 Å². The van der Waals surface area contributed by atoms with E-state index in [0.717, 1.165) is 0 Å². The van der Waals surface area contributed by atoms with Gasteiger partial charge in [0.2, 0.25) is 0 Å². The molecule has 0 amide bonds. The van der Waals surface area contributed by atoms with Crippen molar-refractivity contribution in [1.29, 1.82) is 0 Å². The minimum absolute atomic E-state index is 0. The molecule has 0 radical (unpaired) electrons. The second-order valence-corrected chi connectivity index (χ2v) is 6.91. The molecule has 0 saturated heterocycles. The third-order valence-electron chi connectivity index (χ3n) is 4.50. The molecule has 1 atom stereocenters. The Labute approximate surface area is 200 Å². The zero-order valence-electron chi connectivity index (χ0n) is 17.8. The number of guanidine groups is 1. The number of halogens is 3. The zero-order valence-corrected chi connectivity index (χ0v) is 19.3. The number of hydrogen-bond donors (Lipinski definition) is 1. The minimum Gasteiger partial charge on any atom is -1.00 e. The smallest absolute Gasteiger partial charge is 0.363 e. The van der Waals surface area contributed by atoms with E-state index in [-0.39, 0.29) is 65.1 Å². The number of carbonyl (C=O) groups excluding carboxylic acids is 2. The van der Waals surface area contributed by atoms with Gasteiger partial charge in [0.15, 0.2) is 6.34 Å². The van der Waals surface area contributed by atoms with E-state index in [0.29, 0.717) is 0 Å². The minimum atomic E-state index is -2.26. The summed E-state index contributed by atoms with van der Waals surface area (Å²) >= 11 is 6.26. The highest BCUT2D eigenvalue weighted by Crippen LogP contribution is 2.32. The number of fused-ring (bicyclic) bond motifs is 1. The van der Waals surface area contributed by atoms with E-state index in [4.69, 9.17) is 25.8 Å². The van der Waals surface area contributed by atoms with Crippen molar-refractivity contribution in [3.8, 4) is 0 Å². The van der Waals surface area contributed by atoms with E-state index in [1.54, 1.807) is 13.8 Å². The van der Waals surface area contributed by atoms with Crippen LogP contribution in [0.4, 0.5) is 4.39 Å². The molecule has 2 aliphatic heterocycles. The predicted molar refractivity (Wildman–Crippen MR) is 116 cm³/mol. The van der Waals surface area contributed by atoms with Crippen LogP contribution in [0.25, 0.3) is 5.57 Å². The van der Waals surface area contributed by atoms with Gasteiger partial charge in [-0.15, -0.1) is 6.58 Å². The molecule has 0 aliphatic carbocycles. The SMILES string of the molecule is C=CCC(OC1=C(c2c(F)cccc2Cl)C=NC2=NC=N[NH+]21)(C(=O)OCC)C(=O)OCC.[Cl-]. The van der Waals surface area contributed by atoms with E-state index in [1.807, 2.05) is 0 Å². The number of quaternary nitrogens is 1. The van der Waals surface area contributed by atoms with Crippen molar-refractivity contribution in [1.82, 2.24) is 0 Å². The van der Waals surface area contributed by atoms with Gasteiger partial charge in [0.25, 0.3) is 0 Å². The molecule has 176 valence electrons. The Balaban J connectivity index is 0.00000385. The maximum absolute atomic E-state index is 14.8. The van der Waals surface area contributed by atoms with Crippen LogP contribution >= 0.6 is 11.6 Å². The Kier molecular flexibility index (Phi) is 8.86. The molecule has 0 fully saturated rings. The molecule has 1 aromatic carbocycles. The van der Waals surface area contributed by atoms with E-state index in [2.05, 4.69) is 21.7 Å². The Hall–Kier alpha value is -3.08. The number of rotatable bonds is 9. The third-order valence-corrected chi connectivity index (χ3v) is 4.82. The van der Waals surface area contributed by atoms with Crippen LogP contribution in [0, 0.1) is 5.82 Å². The molecular formula is C21H21Cl2FN4O5. The normalized spacial score (nSPS) is 16.5. The van der Waals surface area contributed by atoms with Gasteiger partial charge in [-0.3, -0.25) is 0 Å². The molecule has 1 aromatic rings. The number of nitrogens with zero attached hydrogens (tertiary/aromatic N) is 3. The monoisotopic (exact) mass is 498 g/mol. The van der Waals surface area contributed by atoms with Crippen molar-refractivity contribution >= 4 is 47.6 Å². The average Bonchev–Trinajstić information content (AvgIpc) is 3.24. The zero-order chi connectivity index (χ0) is 23.3. The molecule has 0 aromatic heterocycles. The van der Waals surface area contributed by atoms with Crippen molar-refractivity contribution in [2.75, 3.05) is 13.2 Å². The number of allylic oxidation sites excluding steroid dienone is 1. The molecule has 1 unspecified atom stereocenters. The lowest BCUT2D eigenvalue weighted by Gasteiger charge is -2.30. The summed E-state index contributed by atoms with van der Waals surface area (Å²) in [6.07, 6.45) is 3.54. The summed E-state index contributed by atoms with van der Waals surface area (Å²) in [4.78, 5) is 34.2. The second-order valence-electron chi connectivity index (χ2n) is 6.51. The van der Waals surface area contributed by atoms with Gasteiger partial charge in [-0.2, -0.15) is 9.98 Å². The number of benzene rings is 1. The van der Waals surface area contributed by atoms with Crippen molar-refractivity contribution in [3.05, 3.63) is 53.1 Å². The largest absolute Gasteiger partial charge is 1.00 e. The topological polar surface area (TPSA) is 103 Å². The first kappa shape index (κ1) is 26.2. The van der Waals surface area contributed by atoms with Crippen LogP contribution in [0.5, 0.6) is 0 Å². The molecule has 0 bridgehead atoms. The molecule has 2 aliphatic rings. The van der Waals surface area contributed by atoms with E-state index >= 15 is 0 Å². The van der Waals surface area contributed by atoms with Gasteiger partial charge in [-0.25, -0.2) is 14.0 Å². The predicted octanol–water partition coefficient (Wildman–Crippen LogP) is -1.11. The summed E-state index contributed by atoms with van der Waals surface area (Å²) in [5, 5.41) is 4.29. The van der Waals surface area contributed by atoms with Crippen molar-refractivity contribution in [3.63, 3.8) is 0 Å². The molecule has 2 heterocycles. The van der Waals surface area contributed by atoms with Crippen LogP contribution in [0.3, 0.4) is 0 Å². The van der Waals surface area contributed by atoms with Crippen LogP contribution in [0.1, 0.15) is 25.8 Å². The van der Waals surface area contributed by atoms with Crippen molar-refractivity contribution in [2.45, 2.75) is 25.9 Å². The van der Waals surface area contributed by atoms with E-state index in [1.165, 1.54) is 36.8 Å². The number of esters is 2. The first-order valence-electron chi connectivity index (χ1n) is 9.74. The Bertz CT molecular complexity index is 1030. The van der Waals surface area contributed by atoms with Gasteiger partial charge in [0.05, 0.1) is 24.5 Å². The van der Waals surface area contributed by atoms with Crippen LogP contribution in [0.15, 0.2) is 51.8 Å². The van der Waals surface area contributed by atoms with Crippen LogP contribution in [0.2, 0.25) is 5.02 Å². The number of carbonyl (C=O) groups is 2. The molecule has 0 spiro atoms. The highest BCUT2D eigenvalue weighted by Gasteiger charge is 2.54. The van der Waals surface area contributed by atoms with Gasteiger partial charge >= 0.3 is 29.4 Å². The summed E-state index contributed by atoms with van der Waals surface area (Å²) in [5.74, 6) is -2.61. The number of nitrogens with one attached hydrogen (secondary N) is 1. The molecule has 33 heavy (non-hydrogen) atoms. The lowest BCUT2D eigenvalue weighted by atomic mass is 9.98. The quantitative estimate of drug-likeness (QED) is 0.264. The summed E-state index contributed by atoms with van der Waals surface area (Å²) in [7, 11) is 0. The summed E-state index contributed by atoms with van der Waals surface area (Å²) < 4.78 is 31.1. The van der Waals surface area contributed by atoms with Crippen LogP contribution in [-0.2, 0) is 23.8 Å². The standard InChI is InChI=1S/C21H20ClFN4O5.ClH/c1-4-10-21(18(28)30-5-2,19(29)31-6-3)32-17-13(11-24-20-25-12-26-27(17)20)16-14(22)8-7-9-15(16)23;/h4,7-9,11-12H,1,5-6,10H2,2-3H3;1H. The maximum atomic E-state index is 14.8. The summed E-state index contributed by atoms with van der Waals surface area (Å²) in [5.41, 5.74) is -2.22. The highest BCUT2D eigenvalue weighted by atomic mass is 35.5. The summed E-state index contributed by atoms with van der Waals surface area (Å²) in [6.45, 7) is 6.74. The van der Waals surface area contributed by atoms with Crippen LogP contribution < -0.4 is 17.4 Å². The first-order chi connectivity index (χ1) is 15.4. The summed E-state index contributed by atoms with van der Waals surface area (Å²) in [6, 6.07) is 4.13. The van der Waals surface area contributed by atoms with Crippen molar-refractivity contribution < 1.29 is 45.6 Å².